The van der Waals surface area contributed by atoms with Crippen LogP contribution in [0.2, 0.25) is 0 Å². The van der Waals surface area contributed by atoms with Gasteiger partial charge in [0.05, 0.1) is 40.3 Å². The molecule has 0 N–H and O–H groups in total. The Kier molecular flexibility index (Phi) is 34.0. The number of carboxylic acid groups (broad SMARTS) is 1. The van der Waals surface area contributed by atoms with Crippen LogP contribution in [0.4, 0.5) is 0 Å². The van der Waals surface area contributed by atoms with Crippen LogP contribution in [0.1, 0.15) is 155 Å². The maximum absolute atomic E-state index is 12.7. The number of carboxylic acids is 1. The number of quaternary nitrogens is 1. The average molecular weight is 744 g/mol. The molecule has 2 atom stereocenters. The van der Waals surface area contributed by atoms with E-state index in [4.69, 9.17) is 14.2 Å². The topological polar surface area (TPSA) is 102 Å². The molecule has 0 aromatic rings. The first-order valence-corrected chi connectivity index (χ1v) is 20.8. The summed E-state index contributed by atoms with van der Waals surface area (Å²) in [6.07, 6.45) is 42.4. The van der Waals surface area contributed by atoms with Crippen molar-refractivity contribution in [2.75, 3.05) is 41.0 Å². The van der Waals surface area contributed by atoms with E-state index in [9.17, 15) is 19.5 Å². The third-order valence-electron chi connectivity index (χ3n) is 8.89. The van der Waals surface area contributed by atoms with E-state index in [0.717, 1.165) is 103 Å². The molecule has 53 heavy (non-hydrogen) atoms. The second-order valence-electron chi connectivity index (χ2n) is 14.8. The summed E-state index contributed by atoms with van der Waals surface area (Å²) < 4.78 is 17.1. The van der Waals surface area contributed by atoms with Crippen LogP contribution in [0.25, 0.3) is 0 Å². The standard InChI is InChI=1S/C45H77NO7/c1-6-8-10-12-14-16-18-20-22-24-26-28-30-32-34-36-44(48)53-41(39-51-38-37-42(45(49)50)46(3,4)5)40-52-43(47)35-33-31-29-27-25-23-21-19-17-15-13-11-9-7-2/h8,10,13-16,19-22,41-42H,6-7,9,11-12,17-18,23-40H2,1-5H3/b10-8-,15-13-,16-14-,21-19-,22-20-. The molecule has 0 amide bonds. The smallest absolute Gasteiger partial charge is 0.306 e. The molecule has 0 radical (unpaired) electrons. The highest BCUT2D eigenvalue weighted by molar-refractivity contribution is 5.70. The van der Waals surface area contributed by atoms with Crippen molar-refractivity contribution in [3.63, 3.8) is 0 Å². The van der Waals surface area contributed by atoms with E-state index in [0.29, 0.717) is 12.8 Å². The van der Waals surface area contributed by atoms with Crippen molar-refractivity contribution < 1.29 is 38.2 Å². The highest BCUT2D eigenvalue weighted by Crippen LogP contribution is 2.12. The Labute approximate surface area is 324 Å². The van der Waals surface area contributed by atoms with E-state index in [1.807, 2.05) is 0 Å². The third kappa shape index (κ3) is 34.5. The summed E-state index contributed by atoms with van der Waals surface area (Å²) in [4.78, 5) is 36.8. The molecule has 0 rings (SSSR count). The lowest BCUT2D eigenvalue weighted by molar-refractivity contribution is -0.889. The van der Waals surface area contributed by atoms with Gasteiger partial charge < -0.3 is 28.6 Å². The first kappa shape index (κ1) is 50.0. The van der Waals surface area contributed by atoms with E-state index in [1.165, 1.54) is 19.3 Å². The monoisotopic (exact) mass is 744 g/mol. The maximum atomic E-state index is 12.7. The van der Waals surface area contributed by atoms with E-state index < -0.39 is 18.1 Å². The minimum absolute atomic E-state index is 0.0265. The van der Waals surface area contributed by atoms with Crippen LogP contribution >= 0.6 is 0 Å². The van der Waals surface area contributed by atoms with Gasteiger partial charge in [-0.25, -0.2) is 0 Å². The number of rotatable bonds is 36. The van der Waals surface area contributed by atoms with Gasteiger partial charge >= 0.3 is 11.9 Å². The molecule has 0 aromatic heterocycles. The number of unbranched alkanes of at least 4 members (excludes halogenated alkanes) is 12. The molecule has 8 nitrogen and oxygen atoms in total. The number of carbonyl (C=O) groups is 3. The summed E-state index contributed by atoms with van der Waals surface area (Å²) in [7, 11) is 5.38. The summed E-state index contributed by atoms with van der Waals surface area (Å²) in [5, 5.41) is 11.6. The summed E-state index contributed by atoms with van der Waals surface area (Å²) in [5.41, 5.74) is 0. The molecule has 0 saturated heterocycles. The molecular weight excluding hydrogens is 666 g/mol. The van der Waals surface area contributed by atoms with Crippen molar-refractivity contribution in [3.05, 3.63) is 60.8 Å². The lowest BCUT2D eigenvalue weighted by Crippen LogP contribution is -2.55. The Balaban J connectivity index is 4.44. The van der Waals surface area contributed by atoms with Crippen LogP contribution in [0.3, 0.4) is 0 Å². The van der Waals surface area contributed by atoms with Crippen LogP contribution in [-0.2, 0) is 28.6 Å². The molecule has 0 heterocycles. The van der Waals surface area contributed by atoms with E-state index in [-0.39, 0.29) is 42.7 Å². The largest absolute Gasteiger partial charge is 0.544 e. The second-order valence-corrected chi connectivity index (χ2v) is 14.8. The quantitative estimate of drug-likeness (QED) is 0.0273. The van der Waals surface area contributed by atoms with Gasteiger partial charge in [0.1, 0.15) is 12.6 Å². The van der Waals surface area contributed by atoms with Gasteiger partial charge in [-0.3, -0.25) is 9.59 Å². The number of hydrogen-bond acceptors (Lipinski definition) is 7. The van der Waals surface area contributed by atoms with Gasteiger partial charge in [0, 0.05) is 19.3 Å². The fourth-order valence-electron chi connectivity index (χ4n) is 5.63. The number of esters is 2. The predicted molar refractivity (Wildman–Crippen MR) is 217 cm³/mol. The highest BCUT2D eigenvalue weighted by atomic mass is 16.6. The van der Waals surface area contributed by atoms with E-state index >= 15 is 0 Å². The van der Waals surface area contributed by atoms with Crippen LogP contribution in [-0.4, -0.2) is 75.5 Å². The summed E-state index contributed by atoms with van der Waals surface area (Å²) in [6, 6.07) is -0.732. The van der Waals surface area contributed by atoms with Crippen LogP contribution < -0.4 is 5.11 Å². The van der Waals surface area contributed by atoms with E-state index in [2.05, 4.69) is 74.6 Å². The number of nitrogens with zero attached hydrogens (tertiary/aromatic N) is 1. The number of allylic oxidation sites excluding steroid dienone is 10. The summed E-state index contributed by atoms with van der Waals surface area (Å²) in [5.74, 6) is -1.78. The first-order valence-electron chi connectivity index (χ1n) is 20.8. The van der Waals surface area contributed by atoms with Crippen molar-refractivity contribution in [2.45, 2.75) is 167 Å². The molecule has 8 heteroatoms. The van der Waals surface area contributed by atoms with Crippen LogP contribution in [0, 0.1) is 0 Å². The molecule has 304 valence electrons. The molecule has 0 aliphatic heterocycles. The zero-order chi connectivity index (χ0) is 39.3. The Hall–Kier alpha value is -2.97. The second kappa shape index (κ2) is 36.0. The Bertz CT molecular complexity index is 1050. The van der Waals surface area contributed by atoms with Crippen molar-refractivity contribution in [3.8, 4) is 0 Å². The zero-order valence-corrected chi connectivity index (χ0v) is 34.4. The molecule has 0 bridgehead atoms. The van der Waals surface area contributed by atoms with Gasteiger partial charge in [-0.1, -0.05) is 126 Å². The van der Waals surface area contributed by atoms with Gasteiger partial charge in [0.2, 0.25) is 0 Å². The summed E-state index contributed by atoms with van der Waals surface area (Å²) in [6.45, 7) is 4.46. The highest BCUT2D eigenvalue weighted by Gasteiger charge is 2.25. The molecule has 0 aliphatic rings. The van der Waals surface area contributed by atoms with Crippen LogP contribution in [0.5, 0.6) is 0 Å². The normalized spacial score (nSPS) is 13.6. The van der Waals surface area contributed by atoms with Gasteiger partial charge in [0.25, 0.3) is 0 Å². The molecule has 0 spiro atoms. The fourth-order valence-corrected chi connectivity index (χ4v) is 5.63. The van der Waals surface area contributed by atoms with Gasteiger partial charge in [-0.05, 0) is 70.6 Å². The Morgan fingerprint density at radius 3 is 1.57 bits per heavy atom. The number of carbonyl (C=O) groups excluding carboxylic acids is 3. The predicted octanol–water partition coefficient (Wildman–Crippen LogP) is 9.69. The number of likely N-dealkylation sites (N-methyl/N-ethyl adjacent to an activating group) is 1. The fraction of sp³-hybridized carbons (Fsp3) is 0.711. The van der Waals surface area contributed by atoms with Gasteiger partial charge in [0.15, 0.2) is 6.10 Å². The number of ether oxygens (including phenoxy) is 3. The SMILES string of the molecule is CC/C=C\C/C=C\C/C=C\CCCCCCCC(=O)OC(COCCC(C(=O)[O-])[N+](C)(C)C)COC(=O)CCCCCCC/C=C\C/C=C\CCCC. The van der Waals surface area contributed by atoms with Crippen molar-refractivity contribution in [1.82, 2.24) is 0 Å². The van der Waals surface area contributed by atoms with Gasteiger partial charge in [-0.2, -0.15) is 0 Å². The molecule has 0 aliphatic carbocycles. The molecule has 2 unspecified atom stereocenters. The molecular formula is C45H77NO7. The first-order chi connectivity index (χ1) is 25.6. The van der Waals surface area contributed by atoms with Crippen molar-refractivity contribution >= 4 is 17.9 Å². The summed E-state index contributed by atoms with van der Waals surface area (Å²) >= 11 is 0. The zero-order valence-electron chi connectivity index (χ0n) is 34.4. The Morgan fingerprint density at radius 2 is 1.06 bits per heavy atom. The molecule has 0 fully saturated rings. The van der Waals surface area contributed by atoms with E-state index in [1.54, 1.807) is 21.1 Å². The molecule has 0 aromatic carbocycles. The third-order valence-corrected chi connectivity index (χ3v) is 8.89. The minimum atomic E-state index is -1.13. The van der Waals surface area contributed by atoms with Crippen molar-refractivity contribution in [2.24, 2.45) is 0 Å². The average Bonchev–Trinajstić information content (AvgIpc) is 3.11. The number of hydrogen-bond donors (Lipinski definition) is 0. The van der Waals surface area contributed by atoms with Crippen LogP contribution in [0.15, 0.2) is 60.8 Å². The minimum Gasteiger partial charge on any atom is -0.544 e. The van der Waals surface area contributed by atoms with Gasteiger partial charge in [-0.15, -0.1) is 0 Å². The maximum Gasteiger partial charge on any atom is 0.306 e. The lowest BCUT2D eigenvalue weighted by Gasteiger charge is -2.34. The lowest BCUT2D eigenvalue weighted by atomic mass is 10.1. The Morgan fingerprint density at radius 1 is 0.585 bits per heavy atom. The number of aliphatic carboxylic acids is 1. The van der Waals surface area contributed by atoms with Crippen molar-refractivity contribution in [1.29, 1.82) is 0 Å². The molecule has 0 saturated carbocycles.